The first-order valence-corrected chi connectivity index (χ1v) is 8.42. The maximum absolute atomic E-state index is 13.5. The van der Waals surface area contributed by atoms with Gasteiger partial charge in [-0.3, -0.25) is 4.79 Å². The van der Waals surface area contributed by atoms with Crippen molar-refractivity contribution in [1.29, 1.82) is 0 Å². The average Bonchev–Trinajstić information content (AvgIpc) is 2.67. The summed E-state index contributed by atoms with van der Waals surface area (Å²) >= 11 is 0. The van der Waals surface area contributed by atoms with Gasteiger partial charge in [-0.2, -0.15) is 0 Å². The van der Waals surface area contributed by atoms with Crippen molar-refractivity contribution in [1.82, 2.24) is 0 Å². The van der Waals surface area contributed by atoms with Gasteiger partial charge in [0.15, 0.2) is 0 Å². The summed E-state index contributed by atoms with van der Waals surface area (Å²) in [6.07, 6.45) is 0.0655. The number of hydrogen-bond donors (Lipinski definition) is 2. The van der Waals surface area contributed by atoms with Gasteiger partial charge in [-0.1, -0.05) is 24.3 Å². The third kappa shape index (κ3) is 5.28. The molecule has 1 amide bonds. The van der Waals surface area contributed by atoms with E-state index in [0.29, 0.717) is 12.3 Å². The number of ether oxygens (including phenoxy) is 1. The summed E-state index contributed by atoms with van der Waals surface area (Å²) in [7, 11) is 0. The standard InChI is InChI=1S/C21H18F2N2O2/c22-18-7-4-8-19(23)21(18)25-20(26)13-14-24-15-9-11-17(12-10-15)27-16-5-2-1-3-6-16/h1-12,24H,13-14H2,(H,25,26). The monoisotopic (exact) mass is 368 g/mol. The Kier molecular flexibility index (Phi) is 5.99. The lowest BCUT2D eigenvalue weighted by Gasteiger charge is -2.10. The topological polar surface area (TPSA) is 50.4 Å². The van der Waals surface area contributed by atoms with Gasteiger partial charge in [0.1, 0.15) is 28.8 Å². The molecule has 3 aromatic rings. The Morgan fingerprint density at radius 2 is 1.44 bits per heavy atom. The largest absolute Gasteiger partial charge is 0.457 e. The fourth-order valence-corrected chi connectivity index (χ4v) is 2.40. The Bertz CT molecular complexity index is 880. The highest BCUT2D eigenvalue weighted by Crippen LogP contribution is 2.22. The minimum absolute atomic E-state index is 0.0655. The third-order valence-electron chi connectivity index (χ3n) is 3.74. The van der Waals surface area contributed by atoms with E-state index in [1.54, 1.807) is 0 Å². The molecule has 6 heteroatoms. The van der Waals surface area contributed by atoms with Crippen molar-refractivity contribution in [3.8, 4) is 11.5 Å². The fourth-order valence-electron chi connectivity index (χ4n) is 2.40. The van der Waals surface area contributed by atoms with E-state index in [-0.39, 0.29) is 6.42 Å². The van der Waals surface area contributed by atoms with Crippen LogP contribution in [0.3, 0.4) is 0 Å². The molecule has 0 fully saturated rings. The predicted octanol–water partition coefficient (Wildman–Crippen LogP) is 5.20. The van der Waals surface area contributed by atoms with Crippen LogP contribution >= 0.6 is 0 Å². The summed E-state index contributed by atoms with van der Waals surface area (Å²) in [5, 5.41) is 5.33. The van der Waals surface area contributed by atoms with Crippen LogP contribution in [0.15, 0.2) is 72.8 Å². The number of carbonyl (C=O) groups is 1. The number of benzene rings is 3. The van der Waals surface area contributed by atoms with Crippen molar-refractivity contribution < 1.29 is 18.3 Å². The molecule has 0 spiro atoms. The van der Waals surface area contributed by atoms with Crippen molar-refractivity contribution in [2.45, 2.75) is 6.42 Å². The van der Waals surface area contributed by atoms with Gasteiger partial charge >= 0.3 is 0 Å². The summed E-state index contributed by atoms with van der Waals surface area (Å²) in [5.74, 6) is -0.638. The molecular formula is C21H18F2N2O2. The van der Waals surface area contributed by atoms with Gasteiger partial charge in [-0.15, -0.1) is 0 Å². The Hall–Kier alpha value is -3.41. The molecule has 0 aliphatic rings. The van der Waals surface area contributed by atoms with Gasteiger partial charge in [-0.25, -0.2) is 8.78 Å². The number of amides is 1. The number of carbonyl (C=O) groups excluding carboxylic acids is 1. The van der Waals surface area contributed by atoms with E-state index < -0.39 is 23.2 Å². The van der Waals surface area contributed by atoms with E-state index in [9.17, 15) is 13.6 Å². The van der Waals surface area contributed by atoms with Crippen molar-refractivity contribution in [3.05, 3.63) is 84.4 Å². The molecule has 0 radical (unpaired) electrons. The van der Waals surface area contributed by atoms with E-state index in [1.165, 1.54) is 6.07 Å². The SMILES string of the molecule is O=C(CCNc1ccc(Oc2ccccc2)cc1)Nc1c(F)cccc1F. The van der Waals surface area contributed by atoms with Gasteiger partial charge in [0.2, 0.25) is 5.91 Å². The molecule has 0 heterocycles. The summed E-state index contributed by atoms with van der Waals surface area (Å²) < 4.78 is 32.7. The van der Waals surface area contributed by atoms with Crippen LogP contribution in [-0.2, 0) is 4.79 Å². The van der Waals surface area contributed by atoms with Gasteiger partial charge < -0.3 is 15.4 Å². The van der Waals surface area contributed by atoms with E-state index in [2.05, 4.69) is 10.6 Å². The molecule has 0 bridgehead atoms. The second-order valence-corrected chi connectivity index (χ2v) is 5.76. The minimum atomic E-state index is -0.801. The van der Waals surface area contributed by atoms with Gasteiger partial charge in [0.25, 0.3) is 0 Å². The lowest BCUT2D eigenvalue weighted by Crippen LogP contribution is -2.17. The average molecular weight is 368 g/mol. The normalized spacial score (nSPS) is 10.3. The van der Waals surface area contributed by atoms with Gasteiger partial charge in [0.05, 0.1) is 0 Å². The molecule has 0 aliphatic heterocycles. The van der Waals surface area contributed by atoms with Crippen molar-refractivity contribution in [2.24, 2.45) is 0 Å². The number of hydrogen-bond acceptors (Lipinski definition) is 3. The highest BCUT2D eigenvalue weighted by atomic mass is 19.1. The molecule has 0 aromatic heterocycles. The van der Waals surface area contributed by atoms with Gasteiger partial charge in [-0.05, 0) is 48.5 Å². The number of para-hydroxylation sites is 2. The minimum Gasteiger partial charge on any atom is -0.457 e. The van der Waals surface area contributed by atoms with E-state index >= 15 is 0 Å². The Morgan fingerprint density at radius 1 is 0.815 bits per heavy atom. The van der Waals surface area contributed by atoms with Crippen LogP contribution in [0.5, 0.6) is 11.5 Å². The Balaban J connectivity index is 1.47. The maximum Gasteiger partial charge on any atom is 0.226 e. The molecule has 3 aromatic carbocycles. The first kappa shape index (κ1) is 18.4. The van der Waals surface area contributed by atoms with Crippen molar-refractivity contribution >= 4 is 17.3 Å². The van der Waals surface area contributed by atoms with Crippen LogP contribution in [0.4, 0.5) is 20.2 Å². The second-order valence-electron chi connectivity index (χ2n) is 5.76. The molecule has 4 nitrogen and oxygen atoms in total. The quantitative estimate of drug-likeness (QED) is 0.603. The number of rotatable bonds is 7. The van der Waals surface area contributed by atoms with Crippen molar-refractivity contribution in [3.63, 3.8) is 0 Å². The molecule has 0 unspecified atom stereocenters. The first-order valence-electron chi connectivity index (χ1n) is 8.42. The molecule has 0 saturated carbocycles. The Morgan fingerprint density at radius 3 is 2.11 bits per heavy atom. The first-order chi connectivity index (χ1) is 13.1. The fraction of sp³-hybridized carbons (Fsp3) is 0.0952. The highest BCUT2D eigenvalue weighted by molar-refractivity contribution is 5.91. The number of anilines is 2. The Labute approximate surface area is 155 Å². The second kappa shape index (κ2) is 8.80. The van der Waals surface area contributed by atoms with Crippen LogP contribution in [0.25, 0.3) is 0 Å². The number of halogens is 2. The smallest absolute Gasteiger partial charge is 0.226 e. The van der Waals surface area contributed by atoms with Crippen LogP contribution < -0.4 is 15.4 Å². The summed E-state index contributed by atoms with van der Waals surface area (Å²) in [6, 6.07) is 20.1. The lowest BCUT2D eigenvalue weighted by molar-refractivity contribution is -0.116. The molecule has 0 saturated heterocycles. The zero-order valence-corrected chi connectivity index (χ0v) is 14.4. The van der Waals surface area contributed by atoms with E-state index in [1.807, 2.05) is 54.6 Å². The lowest BCUT2D eigenvalue weighted by atomic mass is 10.2. The van der Waals surface area contributed by atoms with E-state index in [0.717, 1.165) is 23.6 Å². The summed E-state index contributed by atoms with van der Waals surface area (Å²) in [5.41, 5.74) is 0.380. The predicted molar refractivity (Wildman–Crippen MR) is 101 cm³/mol. The highest BCUT2D eigenvalue weighted by Gasteiger charge is 2.11. The van der Waals surface area contributed by atoms with Crippen LogP contribution in [0, 0.1) is 11.6 Å². The third-order valence-corrected chi connectivity index (χ3v) is 3.74. The molecule has 3 rings (SSSR count). The van der Waals surface area contributed by atoms with Crippen LogP contribution in [0.2, 0.25) is 0 Å². The molecule has 2 N–H and O–H groups in total. The molecule has 138 valence electrons. The zero-order chi connectivity index (χ0) is 19.1. The summed E-state index contributed by atoms with van der Waals surface area (Å²) in [4.78, 5) is 11.9. The summed E-state index contributed by atoms with van der Waals surface area (Å²) in [6.45, 7) is 0.320. The maximum atomic E-state index is 13.5. The van der Waals surface area contributed by atoms with Crippen LogP contribution in [-0.4, -0.2) is 12.5 Å². The molecular weight excluding hydrogens is 350 g/mol. The number of nitrogens with one attached hydrogen (secondary N) is 2. The van der Waals surface area contributed by atoms with E-state index in [4.69, 9.17) is 4.74 Å². The van der Waals surface area contributed by atoms with Crippen LogP contribution in [0.1, 0.15) is 6.42 Å². The molecule has 0 aliphatic carbocycles. The molecule has 0 atom stereocenters. The molecule has 27 heavy (non-hydrogen) atoms. The van der Waals surface area contributed by atoms with Crippen molar-refractivity contribution in [2.75, 3.05) is 17.2 Å². The zero-order valence-electron chi connectivity index (χ0n) is 14.4. The van der Waals surface area contributed by atoms with Gasteiger partial charge in [0, 0.05) is 18.7 Å².